The normalized spacial score (nSPS) is 10.5. The van der Waals surface area contributed by atoms with E-state index >= 15 is 0 Å². The maximum absolute atomic E-state index is 11.2. The second-order valence-electron chi connectivity index (χ2n) is 4.10. The average Bonchev–Trinajstić information content (AvgIpc) is 2.28. The van der Waals surface area contributed by atoms with Crippen molar-refractivity contribution in [2.24, 2.45) is 0 Å². The zero-order valence-corrected chi connectivity index (χ0v) is 9.97. The van der Waals surface area contributed by atoms with Gasteiger partial charge in [0.25, 0.3) is 0 Å². The molecule has 0 saturated carbocycles. The van der Waals surface area contributed by atoms with Gasteiger partial charge in [0.1, 0.15) is 5.82 Å². The number of fused-ring (bicyclic) bond motifs is 1. The molecule has 4 nitrogen and oxygen atoms in total. The Kier molecular flexibility index (Phi) is 2.95. The van der Waals surface area contributed by atoms with Gasteiger partial charge in [0.15, 0.2) is 0 Å². The maximum Gasteiger partial charge on any atom is 0.219 e. The van der Waals surface area contributed by atoms with Gasteiger partial charge < -0.3 is 10.6 Å². The van der Waals surface area contributed by atoms with Gasteiger partial charge in [-0.25, -0.2) is 4.98 Å². The smallest absolute Gasteiger partial charge is 0.219 e. The van der Waals surface area contributed by atoms with Crippen LogP contribution in [0.1, 0.15) is 12.5 Å². The fourth-order valence-corrected chi connectivity index (χ4v) is 1.77. The third kappa shape index (κ3) is 2.36. The summed E-state index contributed by atoms with van der Waals surface area (Å²) in [5.74, 6) is 0.514. The molecule has 4 heteroatoms. The van der Waals surface area contributed by atoms with Crippen molar-refractivity contribution < 1.29 is 4.79 Å². The van der Waals surface area contributed by atoms with Crippen LogP contribution in [0.15, 0.2) is 30.3 Å². The Bertz CT molecular complexity index is 566. The molecule has 0 atom stereocenters. The lowest BCUT2D eigenvalue weighted by molar-refractivity contribution is -0.128. The molecule has 2 N–H and O–H groups in total. The van der Waals surface area contributed by atoms with E-state index in [9.17, 15) is 4.79 Å². The number of rotatable bonds is 2. The molecule has 88 valence electrons. The van der Waals surface area contributed by atoms with Crippen LogP contribution in [0.25, 0.3) is 10.9 Å². The molecule has 1 aromatic carbocycles. The van der Waals surface area contributed by atoms with Crippen molar-refractivity contribution in [1.29, 1.82) is 0 Å². The predicted molar refractivity (Wildman–Crippen MR) is 68.3 cm³/mol. The topological polar surface area (TPSA) is 59.2 Å². The first-order chi connectivity index (χ1) is 8.08. The zero-order valence-electron chi connectivity index (χ0n) is 9.97. The molecular formula is C13H15N3O. The number of para-hydroxylation sites is 1. The second kappa shape index (κ2) is 4.41. The predicted octanol–water partition coefficient (Wildman–Crippen LogP) is 1.80. The van der Waals surface area contributed by atoms with E-state index < -0.39 is 0 Å². The summed E-state index contributed by atoms with van der Waals surface area (Å²) in [5.41, 5.74) is 7.64. The Morgan fingerprint density at radius 2 is 2.12 bits per heavy atom. The van der Waals surface area contributed by atoms with Crippen molar-refractivity contribution in [3.05, 3.63) is 35.9 Å². The van der Waals surface area contributed by atoms with E-state index in [1.165, 1.54) is 0 Å². The van der Waals surface area contributed by atoms with Gasteiger partial charge in [0.2, 0.25) is 5.91 Å². The van der Waals surface area contributed by atoms with E-state index in [0.29, 0.717) is 12.4 Å². The highest BCUT2D eigenvalue weighted by atomic mass is 16.2. The van der Waals surface area contributed by atoms with Crippen LogP contribution in [0.3, 0.4) is 0 Å². The summed E-state index contributed by atoms with van der Waals surface area (Å²) in [6, 6.07) is 9.61. The van der Waals surface area contributed by atoms with Crippen molar-refractivity contribution in [1.82, 2.24) is 9.88 Å². The molecule has 0 bridgehead atoms. The van der Waals surface area contributed by atoms with E-state index in [2.05, 4.69) is 4.98 Å². The van der Waals surface area contributed by atoms with E-state index in [4.69, 9.17) is 5.73 Å². The Balaban J connectivity index is 2.49. The minimum Gasteiger partial charge on any atom is -0.384 e. The van der Waals surface area contributed by atoms with Gasteiger partial charge in [-0.15, -0.1) is 0 Å². The lowest BCUT2D eigenvalue weighted by atomic mass is 10.1. The summed E-state index contributed by atoms with van der Waals surface area (Å²) >= 11 is 0. The highest BCUT2D eigenvalue weighted by Gasteiger charge is 2.08. The molecule has 0 unspecified atom stereocenters. The van der Waals surface area contributed by atoms with Crippen LogP contribution >= 0.6 is 0 Å². The lowest BCUT2D eigenvalue weighted by Crippen LogP contribution is -2.23. The number of anilines is 1. The maximum atomic E-state index is 11.2. The summed E-state index contributed by atoms with van der Waals surface area (Å²) in [5, 5.41) is 1.04. The van der Waals surface area contributed by atoms with Crippen LogP contribution in [0, 0.1) is 0 Å². The summed E-state index contributed by atoms with van der Waals surface area (Å²) in [4.78, 5) is 17.2. The van der Waals surface area contributed by atoms with Crippen LogP contribution in [0.2, 0.25) is 0 Å². The van der Waals surface area contributed by atoms with Crippen molar-refractivity contribution in [2.45, 2.75) is 13.5 Å². The number of hydrogen-bond donors (Lipinski definition) is 1. The third-order valence-corrected chi connectivity index (χ3v) is 2.77. The number of pyridine rings is 1. The standard InChI is InChI=1S/C13H15N3O/c1-9(17)16(2)8-10-7-13(14)15-12-6-4-3-5-11(10)12/h3-7H,8H2,1-2H3,(H2,14,15). The van der Waals surface area contributed by atoms with Gasteiger partial charge in [0, 0.05) is 25.9 Å². The Morgan fingerprint density at radius 3 is 2.82 bits per heavy atom. The largest absolute Gasteiger partial charge is 0.384 e. The molecule has 0 aliphatic heterocycles. The molecule has 1 heterocycles. The molecule has 1 aromatic heterocycles. The second-order valence-corrected chi connectivity index (χ2v) is 4.10. The van der Waals surface area contributed by atoms with Crippen molar-refractivity contribution in [3.8, 4) is 0 Å². The summed E-state index contributed by atoms with van der Waals surface area (Å²) in [7, 11) is 1.77. The van der Waals surface area contributed by atoms with E-state index in [0.717, 1.165) is 16.5 Å². The molecule has 0 fully saturated rings. The molecule has 0 saturated heterocycles. The Hall–Kier alpha value is -2.10. The number of carbonyl (C=O) groups is 1. The average molecular weight is 229 g/mol. The number of nitrogen functional groups attached to an aromatic ring is 1. The quantitative estimate of drug-likeness (QED) is 0.854. The van der Waals surface area contributed by atoms with Crippen molar-refractivity contribution in [3.63, 3.8) is 0 Å². The third-order valence-electron chi connectivity index (χ3n) is 2.77. The Morgan fingerprint density at radius 1 is 1.41 bits per heavy atom. The van der Waals surface area contributed by atoms with Gasteiger partial charge >= 0.3 is 0 Å². The molecule has 2 rings (SSSR count). The number of amides is 1. The number of nitrogens with two attached hydrogens (primary N) is 1. The van der Waals surface area contributed by atoms with Gasteiger partial charge in [-0.1, -0.05) is 18.2 Å². The van der Waals surface area contributed by atoms with Gasteiger partial charge in [-0.2, -0.15) is 0 Å². The number of carbonyl (C=O) groups excluding carboxylic acids is 1. The minimum absolute atomic E-state index is 0.0319. The molecular weight excluding hydrogens is 214 g/mol. The minimum atomic E-state index is 0.0319. The van der Waals surface area contributed by atoms with Gasteiger partial charge in [0.05, 0.1) is 5.52 Å². The monoisotopic (exact) mass is 229 g/mol. The van der Waals surface area contributed by atoms with Crippen molar-refractivity contribution >= 4 is 22.6 Å². The number of benzene rings is 1. The van der Waals surface area contributed by atoms with Gasteiger partial charge in [-0.05, 0) is 17.7 Å². The number of nitrogens with zero attached hydrogens (tertiary/aromatic N) is 2. The molecule has 1 amide bonds. The van der Waals surface area contributed by atoms with Crippen LogP contribution in [0.4, 0.5) is 5.82 Å². The van der Waals surface area contributed by atoms with Crippen LogP contribution < -0.4 is 5.73 Å². The molecule has 0 aliphatic carbocycles. The molecule has 0 spiro atoms. The van der Waals surface area contributed by atoms with Gasteiger partial charge in [-0.3, -0.25) is 4.79 Å². The summed E-state index contributed by atoms with van der Waals surface area (Å²) in [6.07, 6.45) is 0. The number of aromatic nitrogens is 1. The molecule has 0 radical (unpaired) electrons. The fraction of sp³-hybridized carbons (Fsp3) is 0.231. The first-order valence-corrected chi connectivity index (χ1v) is 5.44. The molecule has 2 aromatic rings. The number of hydrogen-bond acceptors (Lipinski definition) is 3. The van der Waals surface area contributed by atoms with Crippen molar-refractivity contribution in [2.75, 3.05) is 12.8 Å². The van der Waals surface area contributed by atoms with Crippen LogP contribution in [-0.4, -0.2) is 22.8 Å². The van der Waals surface area contributed by atoms with Crippen LogP contribution in [-0.2, 0) is 11.3 Å². The van der Waals surface area contributed by atoms with Crippen LogP contribution in [0.5, 0.6) is 0 Å². The molecule has 17 heavy (non-hydrogen) atoms. The first kappa shape index (κ1) is 11.4. The lowest BCUT2D eigenvalue weighted by Gasteiger charge is -2.16. The van der Waals surface area contributed by atoms with E-state index in [1.54, 1.807) is 18.9 Å². The van der Waals surface area contributed by atoms with E-state index in [-0.39, 0.29) is 5.91 Å². The zero-order chi connectivity index (χ0) is 12.4. The Labute approximate surface area is 100 Å². The highest BCUT2D eigenvalue weighted by molar-refractivity contribution is 5.84. The molecule has 0 aliphatic rings. The summed E-state index contributed by atoms with van der Waals surface area (Å²) in [6.45, 7) is 2.09. The SMILES string of the molecule is CC(=O)N(C)Cc1cc(N)nc2ccccc12. The fourth-order valence-electron chi connectivity index (χ4n) is 1.77. The first-order valence-electron chi connectivity index (χ1n) is 5.44. The highest BCUT2D eigenvalue weighted by Crippen LogP contribution is 2.20. The van der Waals surface area contributed by atoms with E-state index in [1.807, 2.05) is 30.3 Å². The summed E-state index contributed by atoms with van der Waals surface area (Å²) < 4.78 is 0.